The molecule has 1 aliphatic heterocycles. The molecular formula is C20H18N4O. The second kappa shape index (κ2) is 6.36. The van der Waals surface area contributed by atoms with Crippen LogP contribution in [0.25, 0.3) is 11.1 Å². The molecule has 1 aromatic carbocycles. The number of nitrogens with one attached hydrogen (secondary N) is 1. The van der Waals surface area contributed by atoms with E-state index >= 15 is 0 Å². The van der Waals surface area contributed by atoms with Crippen LogP contribution in [0.3, 0.4) is 0 Å². The molecule has 3 aromatic rings. The standard InChI is InChI=1S/C20H18N4O/c1-14-4-5-16(15-6-9-21-10-7-15)11-18(14)23-20(25)24-12-17-3-2-8-22-19(17)13-24/h2-11H,12-13H2,1H3,(H,23,25). The minimum atomic E-state index is -0.104. The van der Waals surface area contributed by atoms with E-state index in [1.807, 2.05) is 43.3 Å². The number of rotatable bonds is 2. The number of pyridine rings is 2. The fraction of sp³-hybridized carbons (Fsp3) is 0.150. The zero-order chi connectivity index (χ0) is 17.2. The fourth-order valence-electron chi connectivity index (χ4n) is 3.02. The molecular weight excluding hydrogens is 312 g/mol. The predicted molar refractivity (Wildman–Crippen MR) is 96.9 cm³/mol. The van der Waals surface area contributed by atoms with Gasteiger partial charge in [-0.1, -0.05) is 18.2 Å². The van der Waals surface area contributed by atoms with Crippen LogP contribution in [-0.2, 0) is 13.1 Å². The molecule has 0 atom stereocenters. The van der Waals surface area contributed by atoms with E-state index in [1.165, 1.54) is 0 Å². The van der Waals surface area contributed by atoms with Gasteiger partial charge in [-0.25, -0.2) is 4.79 Å². The lowest BCUT2D eigenvalue weighted by molar-refractivity contribution is 0.212. The third kappa shape index (κ3) is 3.08. The summed E-state index contributed by atoms with van der Waals surface area (Å²) in [6.45, 7) is 3.13. The highest BCUT2D eigenvalue weighted by Crippen LogP contribution is 2.26. The van der Waals surface area contributed by atoms with Crippen LogP contribution in [0.4, 0.5) is 10.5 Å². The molecule has 0 radical (unpaired) electrons. The molecule has 0 saturated heterocycles. The number of carbonyl (C=O) groups is 1. The van der Waals surface area contributed by atoms with Gasteiger partial charge in [0.05, 0.1) is 12.2 Å². The molecule has 0 saturated carbocycles. The minimum Gasteiger partial charge on any atom is -0.314 e. The van der Waals surface area contributed by atoms with Gasteiger partial charge in [-0.05, 0) is 53.4 Å². The maximum atomic E-state index is 12.7. The van der Waals surface area contributed by atoms with Crippen molar-refractivity contribution in [2.24, 2.45) is 0 Å². The summed E-state index contributed by atoms with van der Waals surface area (Å²) in [6.07, 6.45) is 5.30. The zero-order valence-corrected chi connectivity index (χ0v) is 13.9. The summed E-state index contributed by atoms with van der Waals surface area (Å²) in [6, 6.07) is 13.8. The summed E-state index contributed by atoms with van der Waals surface area (Å²) >= 11 is 0. The Morgan fingerprint density at radius 3 is 2.68 bits per heavy atom. The van der Waals surface area contributed by atoms with Crippen molar-refractivity contribution in [1.29, 1.82) is 0 Å². The van der Waals surface area contributed by atoms with Crippen molar-refractivity contribution >= 4 is 11.7 Å². The van der Waals surface area contributed by atoms with Gasteiger partial charge in [0.25, 0.3) is 0 Å². The van der Waals surface area contributed by atoms with Crippen molar-refractivity contribution in [3.63, 3.8) is 0 Å². The van der Waals surface area contributed by atoms with E-state index in [2.05, 4.69) is 21.4 Å². The molecule has 5 nitrogen and oxygen atoms in total. The summed E-state index contributed by atoms with van der Waals surface area (Å²) in [5, 5.41) is 3.04. The molecule has 1 aliphatic rings. The van der Waals surface area contributed by atoms with Crippen LogP contribution in [0.15, 0.2) is 61.1 Å². The first-order chi connectivity index (χ1) is 12.2. The van der Waals surface area contributed by atoms with Gasteiger partial charge in [-0.2, -0.15) is 0 Å². The number of benzene rings is 1. The number of hydrogen-bond acceptors (Lipinski definition) is 3. The average molecular weight is 330 g/mol. The Hall–Kier alpha value is -3.21. The maximum Gasteiger partial charge on any atom is 0.322 e. The number of urea groups is 1. The molecule has 5 heteroatoms. The first kappa shape index (κ1) is 15.3. The highest BCUT2D eigenvalue weighted by Gasteiger charge is 2.24. The van der Waals surface area contributed by atoms with E-state index in [4.69, 9.17) is 0 Å². The highest BCUT2D eigenvalue weighted by atomic mass is 16.2. The number of aromatic nitrogens is 2. The zero-order valence-electron chi connectivity index (χ0n) is 13.9. The summed E-state index contributed by atoms with van der Waals surface area (Å²) in [5.41, 5.74) is 6.06. The molecule has 0 aliphatic carbocycles. The van der Waals surface area contributed by atoms with Crippen molar-refractivity contribution in [1.82, 2.24) is 14.9 Å². The molecule has 3 heterocycles. The number of carbonyl (C=O) groups excluding carboxylic acids is 1. The Kier molecular flexibility index (Phi) is 3.90. The molecule has 124 valence electrons. The second-order valence-corrected chi connectivity index (χ2v) is 6.16. The lowest BCUT2D eigenvalue weighted by atomic mass is 10.0. The summed E-state index contributed by atoms with van der Waals surface area (Å²) in [5.74, 6) is 0. The molecule has 4 rings (SSSR count). The van der Waals surface area contributed by atoms with E-state index in [1.54, 1.807) is 23.5 Å². The van der Waals surface area contributed by atoms with Crippen LogP contribution in [-0.4, -0.2) is 20.9 Å². The van der Waals surface area contributed by atoms with E-state index in [0.29, 0.717) is 13.1 Å². The second-order valence-electron chi connectivity index (χ2n) is 6.16. The van der Waals surface area contributed by atoms with Crippen LogP contribution in [0.5, 0.6) is 0 Å². The molecule has 1 N–H and O–H groups in total. The number of fused-ring (bicyclic) bond motifs is 1. The summed E-state index contributed by atoms with van der Waals surface area (Å²) < 4.78 is 0. The van der Waals surface area contributed by atoms with Crippen LogP contribution < -0.4 is 5.32 Å². The van der Waals surface area contributed by atoms with Crippen molar-refractivity contribution in [2.75, 3.05) is 5.32 Å². The highest BCUT2D eigenvalue weighted by molar-refractivity contribution is 5.91. The molecule has 25 heavy (non-hydrogen) atoms. The van der Waals surface area contributed by atoms with Gasteiger partial charge in [0.1, 0.15) is 0 Å². The van der Waals surface area contributed by atoms with Gasteiger partial charge < -0.3 is 10.2 Å². The van der Waals surface area contributed by atoms with Gasteiger partial charge >= 0.3 is 6.03 Å². The monoisotopic (exact) mass is 330 g/mol. The molecule has 2 amide bonds. The Balaban J connectivity index is 1.54. The first-order valence-corrected chi connectivity index (χ1v) is 8.20. The van der Waals surface area contributed by atoms with Gasteiger partial charge in [0.2, 0.25) is 0 Å². The minimum absolute atomic E-state index is 0.104. The average Bonchev–Trinajstić information content (AvgIpc) is 3.08. The number of amides is 2. The van der Waals surface area contributed by atoms with Gasteiger partial charge in [-0.3, -0.25) is 9.97 Å². The van der Waals surface area contributed by atoms with Gasteiger partial charge in [-0.15, -0.1) is 0 Å². The van der Waals surface area contributed by atoms with Crippen molar-refractivity contribution in [3.8, 4) is 11.1 Å². The smallest absolute Gasteiger partial charge is 0.314 e. The molecule has 0 bridgehead atoms. The van der Waals surface area contributed by atoms with E-state index < -0.39 is 0 Å². The SMILES string of the molecule is Cc1ccc(-c2ccncc2)cc1NC(=O)N1Cc2cccnc2C1. The maximum absolute atomic E-state index is 12.7. The van der Waals surface area contributed by atoms with Crippen molar-refractivity contribution in [2.45, 2.75) is 20.0 Å². The Morgan fingerprint density at radius 1 is 1.04 bits per heavy atom. The van der Waals surface area contributed by atoms with Gasteiger partial charge in [0, 0.05) is 30.8 Å². The van der Waals surface area contributed by atoms with Crippen molar-refractivity contribution < 1.29 is 4.79 Å². The Labute approximate surface area is 146 Å². The molecule has 2 aromatic heterocycles. The predicted octanol–water partition coefficient (Wildman–Crippen LogP) is 4.00. The lowest BCUT2D eigenvalue weighted by Gasteiger charge is -2.18. The van der Waals surface area contributed by atoms with E-state index in [-0.39, 0.29) is 6.03 Å². The third-order valence-electron chi connectivity index (χ3n) is 4.47. The molecule has 0 fully saturated rings. The molecule has 0 spiro atoms. The first-order valence-electron chi connectivity index (χ1n) is 8.20. The number of hydrogen-bond donors (Lipinski definition) is 1. The Bertz CT molecular complexity index is 899. The van der Waals surface area contributed by atoms with Crippen LogP contribution >= 0.6 is 0 Å². The van der Waals surface area contributed by atoms with Crippen LogP contribution in [0.1, 0.15) is 16.8 Å². The van der Waals surface area contributed by atoms with E-state index in [9.17, 15) is 4.79 Å². The number of aryl methyl sites for hydroxylation is 1. The largest absolute Gasteiger partial charge is 0.322 e. The summed E-state index contributed by atoms with van der Waals surface area (Å²) in [7, 11) is 0. The fourth-order valence-corrected chi connectivity index (χ4v) is 3.02. The van der Waals surface area contributed by atoms with E-state index in [0.717, 1.165) is 33.6 Å². The number of nitrogens with zero attached hydrogens (tertiary/aromatic N) is 3. The summed E-state index contributed by atoms with van der Waals surface area (Å²) in [4.78, 5) is 22.8. The lowest BCUT2D eigenvalue weighted by Crippen LogP contribution is -2.30. The number of anilines is 1. The van der Waals surface area contributed by atoms with Gasteiger partial charge in [0.15, 0.2) is 0 Å². The van der Waals surface area contributed by atoms with Crippen LogP contribution in [0.2, 0.25) is 0 Å². The van der Waals surface area contributed by atoms with Crippen LogP contribution in [0, 0.1) is 6.92 Å². The quantitative estimate of drug-likeness (QED) is 0.772. The topological polar surface area (TPSA) is 58.1 Å². The Morgan fingerprint density at radius 2 is 1.88 bits per heavy atom. The third-order valence-corrected chi connectivity index (χ3v) is 4.47. The normalized spacial score (nSPS) is 12.8. The molecule has 0 unspecified atom stereocenters. The van der Waals surface area contributed by atoms with Crippen molar-refractivity contribution in [3.05, 3.63) is 77.9 Å².